The van der Waals surface area contributed by atoms with Crippen LogP contribution >= 0.6 is 0 Å². The van der Waals surface area contributed by atoms with Crippen LogP contribution in [0.2, 0.25) is 0 Å². The van der Waals surface area contributed by atoms with Crippen molar-refractivity contribution in [3.05, 3.63) is 29.3 Å². The second-order valence-corrected chi connectivity index (χ2v) is 9.04. The number of hydrogen-bond acceptors (Lipinski definition) is 4. The van der Waals surface area contributed by atoms with E-state index in [-0.39, 0.29) is 24.9 Å². The number of piperidine rings is 1. The molecule has 1 aliphatic heterocycles. The van der Waals surface area contributed by atoms with Crippen molar-refractivity contribution in [2.75, 3.05) is 26.7 Å². The van der Waals surface area contributed by atoms with E-state index < -0.39 is 10.0 Å². The van der Waals surface area contributed by atoms with Gasteiger partial charge in [-0.2, -0.15) is 0 Å². The molecule has 0 unspecified atom stereocenters. The number of amides is 1. The van der Waals surface area contributed by atoms with Crippen LogP contribution in [0.3, 0.4) is 0 Å². The summed E-state index contributed by atoms with van der Waals surface area (Å²) in [4.78, 5) is 14.4. The monoisotopic (exact) mass is 379 g/mol. The molecule has 2 N–H and O–H groups in total. The molecule has 0 saturated carbocycles. The highest BCUT2D eigenvalue weighted by Gasteiger charge is 2.22. The van der Waals surface area contributed by atoms with Crippen LogP contribution in [-0.4, -0.2) is 51.9 Å². The highest BCUT2D eigenvalue weighted by molar-refractivity contribution is 7.89. The average Bonchev–Trinajstić information content (AvgIpc) is 2.67. The molecule has 144 valence electrons. The molecule has 1 heterocycles. The van der Waals surface area contributed by atoms with E-state index in [9.17, 15) is 13.2 Å². The molecular formula is C19H29N3O3S. The number of aryl methyl sites for hydroxylation is 2. The minimum Gasteiger partial charge on any atom is -0.343 e. The second-order valence-electron chi connectivity index (χ2n) is 7.27. The van der Waals surface area contributed by atoms with E-state index in [1.54, 1.807) is 17.0 Å². The minimum atomic E-state index is -3.57. The van der Waals surface area contributed by atoms with Crippen LogP contribution < -0.4 is 10.0 Å². The van der Waals surface area contributed by atoms with Gasteiger partial charge < -0.3 is 10.2 Å². The maximum atomic E-state index is 12.5. The molecule has 6 nitrogen and oxygen atoms in total. The summed E-state index contributed by atoms with van der Waals surface area (Å²) < 4.78 is 27.6. The van der Waals surface area contributed by atoms with Crippen molar-refractivity contribution in [2.24, 2.45) is 0 Å². The number of nitrogens with zero attached hydrogens (tertiary/aromatic N) is 1. The normalized spacial score (nSPS) is 18.3. The molecule has 0 atom stereocenters. The molecule has 7 heteroatoms. The SMILES string of the molecule is CN(C(=O)CCNS(=O)(=O)c1ccc2c(c1)CCCC2)C1CCNCC1. The number of nitrogens with one attached hydrogen (secondary N) is 2. The first-order valence-electron chi connectivity index (χ1n) is 9.55. The van der Waals surface area contributed by atoms with Gasteiger partial charge in [0.15, 0.2) is 0 Å². The standard InChI is InChI=1S/C19H29N3O3S/c1-22(17-8-11-20-12-9-17)19(23)10-13-21-26(24,25)18-7-6-15-4-2-3-5-16(15)14-18/h6-7,14,17,20-21H,2-5,8-13H2,1H3. The molecule has 26 heavy (non-hydrogen) atoms. The average molecular weight is 380 g/mol. The maximum Gasteiger partial charge on any atom is 0.240 e. The van der Waals surface area contributed by atoms with E-state index in [0.29, 0.717) is 4.90 Å². The summed E-state index contributed by atoms with van der Waals surface area (Å²) >= 11 is 0. The van der Waals surface area contributed by atoms with Gasteiger partial charge in [-0.3, -0.25) is 4.79 Å². The molecular weight excluding hydrogens is 350 g/mol. The van der Waals surface area contributed by atoms with Gasteiger partial charge in [0.1, 0.15) is 0 Å². The molecule has 0 bridgehead atoms. The summed E-state index contributed by atoms with van der Waals surface area (Å²) in [5.74, 6) is -0.00922. The first kappa shape index (κ1) is 19.3. The highest BCUT2D eigenvalue weighted by Crippen LogP contribution is 2.24. The Morgan fingerprint density at radius 1 is 1.19 bits per heavy atom. The zero-order valence-electron chi connectivity index (χ0n) is 15.5. The van der Waals surface area contributed by atoms with Crippen molar-refractivity contribution in [1.82, 2.24) is 14.9 Å². The minimum absolute atomic E-state index is 0.00922. The topological polar surface area (TPSA) is 78.5 Å². The molecule has 0 aromatic heterocycles. The van der Waals surface area contributed by atoms with Crippen molar-refractivity contribution >= 4 is 15.9 Å². The zero-order valence-corrected chi connectivity index (χ0v) is 16.3. The predicted octanol–water partition coefficient (Wildman–Crippen LogP) is 1.44. The van der Waals surface area contributed by atoms with Gasteiger partial charge >= 0.3 is 0 Å². The molecule has 1 amide bonds. The largest absolute Gasteiger partial charge is 0.343 e. The van der Waals surface area contributed by atoms with Crippen LogP contribution in [0.5, 0.6) is 0 Å². The number of benzene rings is 1. The van der Waals surface area contributed by atoms with Crippen LogP contribution in [0, 0.1) is 0 Å². The van der Waals surface area contributed by atoms with E-state index in [4.69, 9.17) is 0 Å². The summed E-state index contributed by atoms with van der Waals surface area (Å²) in [5.41, 5.74) is 2.40. The Balaban J connectivity index is 1.54. The van der Waals surface area contributed by atoms with Crippen LogP contribution in [0.1, 0.15) is 43.2 Å². The summed E-state index contributed by atoms with van der Waals surface area (Å²) in [7, 11) is -1.75. The van der Waals surface area contributed by atoms with Gasteiger partial charge in [-0.15, -0.1) is 0 Å². The van der Waals surface area contributed by atoms with Crippen LogP contribution in [-0.2, 0) is 27.7 Å². The van der Waals surface area contributed by atoms with Crippen LogP contribution in [0.15, 0.2) is 23.1 Å². The fraction of sp³-hybridized carbons (Fsp3) is 0.632. The lowest BCUT2D eigenvalue weighted by Gasteiger charge is -2.31. The molecule has 1 aliphatic carbocycles. The lowest BCUT2D eigenvalue weighted by atomic mass is 9.92. The van der Waals surface area contributed by atoms with Crippen molar-refractivity contribution in [3.63, 3.8) is 0 Å². The third-order valence-electron chi connectivity index (χ3n) is 5.51. The Labute approximate surface area is 156 Å². The fourth-order valence-corrected chi connectivity index (χ4v) is 4.91. The molecule has 1 aromatic rings. The summed E-state index contributed by atoms with van der Waals surface area (Å²) in [6.07, 6.45) is 6.33. The lowest BCUT2D eigenvalue weighted by molar-refractivity contribution is -0.132. The maximum absolute atomic E-state index is 12.5. The molecule has 1 saturated heterocycles. The van der Waals surface area contributed by atoms with Gasteiger partial charge in [-0.05, 0) is 74.9 Å². The number of sulfonamides is 1. The number of carbonyl (C=O) groups is 1. The van der Waals surface area contributed by atoms with Crippen LogP contribution in [0.25, 0.3) is 0 Å². The Bertz CT molecular complexity index is 742. The van der Waals surface area contributed by atoms with Crippen molar-refractivity contribution in [1.29, 1.82) is 0 Å². The first-order chi connectivity index (χ1) is 12.5. The molecule has 0 spiro atoms. The van der Waals surface area contributed by atoms with E-state index in [2.05, 4.69) is 10.0 Å². The van der Waals surface area contributed by atoms with E-state index in [0.717, 1.165) is 50.8 Å². The Hall–Kier alpha value is -1.44. The van der Waals surface area contributed by atoms with Gasteiger partial charge in [0.2, 0.25) is 15.9 Å². The molecule has 2 aliphatic rings. The Kier molecular flexibility index (Phi) is 6.32. The van der Waals surface area contributed by atoms with Crippen molar-refractivity contribution in [2.45, 2.75) is 55.9 Å². The highest BCUT2D eigenvalue weighted by atomic mass is 32.2. The fourth-order valence-electron chi connectivity index (χ4n) is 3.83. The number of rotatable bonds is 6. The third-order valence-corrected chi connectivity index (χ3v) is 6.97. The summed E-state index contributed by atoms with van der Waals surface area (Å²) in [6.45, 7) is 1.98. The zero-order chi connectivity index (χ0) is 18.6. The molecule has 0 radical (unpaired) electrons. The quantitative estimate of drug-likeness (QED) is 0.784. The van der Waals surface area contributed by atoms with Gasteiger partial charge in [0.25, 0.3) is 0 Å². The summed E-state index contributed by atoms with van der Waals surface area (Å²) in [5, 5.41) is 3.28. The van der Waals surface area contributed by atoms with Crippen molar-refractivity contribution in [3.8, 4) is 0 Å². The van der Waals surface area contributed by atoms with E-state index >= 15 is 0 Å². The number of carbonyl (C=O) groups excluding carboxylic acids is 1. The molecule has 1 fully saturated rings. The van der Waals surface area contributed by atoms with Gasteiger partial charge in [-0.1, -0.05) is 6.07 Å². The van der Waals surface area contributed by atoms with Crippen LogP contribution in [0.4, 0.5) is 0 Å². The van der Waals surface area contributed by atoms with E-state index in [1.165, 1.54) is 12.0 Å². The third kappa shape index (κ3) is 4.64. The smallest absolute Gasteiger partial charge is 0.240 e. The predicted molar refractivity (Wildman–Crippen MR) is 102 cm³/mol. The Morgan fingerprint density at radius 3 is 2.62 bits per heavy atom. The second kappa shape index (κ2) is 8.50. The van der Waals surface area contributed by atoms with Gasteiger partial charge in [0.05, 0.1) is 4.90 Å². The van der Waals surface area contributed by atoms with Gasteiger partial charge in [0, 0.05) is 26.1 Å². The Morgan fingerprint density at radius 2 is 1.88 bits per heavy atom. The van der Waals surface area contributed by atoms with Gasteiger partial charge in [-0.25, -0.2) is 13.1 Å². The molecule has 3 rings (SSSR count). The number of hydrogen-bond donors (Lipinski definition) is 2. The lowest BCUT2D eigenvalue weighted by Crippen LogP contribution is -2.44. The van der Waals surface area contributed by atoms with Crippen molar-refractivity contribution < 1.29 is 13.2 Å². The summed E-state index contributed by atoms with van der Waals surface area (Å²) in [6, 6.07) is 5.65. The number of fused-ring (bicyclic) bond motifs is 1. The van der Waals surface area contributed by atoms with E-state index in [1.807, 2.05) is 13.1 Å². The first-order valence-corrected chi connectivity index (χ1v) is 11.0. The molecule has 1 aromatic carbocycles.